The monoisotopic (exact) mass is 267 g/mol. The Morgan fingerprint density at radius 3 is 2.61 bits per heavy atom. The molecule has 96 valence electrons. The van der Waals surface area contributed by atoms with E-state index in [0.29, 0.717) is 16.5 Å². The molecular formula is C14H15ClFNO. The average Bonchev–Trinajstić information content (AvgIpc) is 2.73. The molecule has 2 aromatic rings. The molecule has 1 heterocycles. The first-order valence-corrected chi connectivity index (χ1v) is 6.50. The first kappa shape index (κ1) is 13.1. The van der Waals surface area contributed by atoms with Crippen LogP contribution in [0.1, 0.15) is 31.9 Å². The highest BCUT2D eigenvalue weighted by Gasteiger charge is 2.15. The summed E-state index contributed by atoms with van der Waals surface area (Å²) >= 11 is 6.23. The maximum Gasteiger partial charge on any atom is 0.155 e. The number of rotatable bonds is 5. The maximum atomic E-state index is 12.8. The normalized spacial score (nSPS) is 10.8. The van der Waals surface area contributed by atoms with Gasteiger partial charge >= 0.3 is 0 Å². The van der Waals surface area contributed by atoms with Gasteiger partial charge in [-0.05, 0) is 30.7 Å². The van der Waals surface area contributed by atoms with Gasteiger partial charge < -0.3 is 4.52 Å². The molecule has 18 heavy (non-hydrogen) atoms. The molecule has 0 saturated carbocycles. The van der Waals surface area contributed by atoms with E-state index in [1.54, 1.807) is 12.1 Å². The van der Waals surface area contributed by atoms with Crippen molar-refractivity contribution in [1.29, 1.82) is 0 Å². The van der Waals surface area contributed by atoms with Crippen LogP contribution in [0.25, 0.3) is 11.3 Å². The van der Waals surface area contributed by atoms with Crippen molar-refractivity contribution in [2.24, 2.45) is 0 Å². The topological polar surface area (TPSA) is 26.0 Å². The molecule has 0 fully saturated rings. The van der Waals surface area contributed by atoms with Crippen molar-refractivity contribution >= 4 is 11.6 Å². The van der Waals surface area contributed by atoms with E-state index in [0.717, 1.165) is 31.2 Å². The van der Waals surface area contributed by atoms with Crippen LogP contribution in [0.15, 0.2) is 28.8 Å². The first-order chi connectivity index (χ1) is 8.72. The number of nitrogens with zero attached hydrogens (tertiary/aromatic N) is 1. The van der Waals surface area contributed by atoms with Gasteiger partial charge in [0.15, 0.2) is 5.76 Å². The number of benzene rings is 1. The molecule has 0 atom stereocenters. The van der Waals surface area contributed by atoms with E-state index >= 15 is 0 Å². The van der Waals surface area contributed by atoms with Gasteiger partial charge in [-0.3, -0.25) is 0 Å². The summed E-state index contributed by atoms with van der Waals surface area (Å²) in [7, 11) is 0. The van der Waals surface area contributed by atoms with Crippen LogP contribution in [0, 0.1) is 5.82 Å². The summed E-state index contributed by atoms with van der Waals surface area (Å²) in [5.74, 6) is 0.436. The van der Waals surface area contributed by atoms with E-state index in [1.807, 2.05) is 0 Å². The van der Waals surface area contributed by atoms with Gasteiger partial charge in [-0.1, -0.05) is 36.5 Å². The minimum absolute atomic E-state index is 0.276. The second-order valence-corrected chi connectivity index (χ2v) is 4.61. The number of aromatic nitrogens is 1. The lowest BCUT2D eigenvalue weighted by molar-refractivity contribution is 0.381. The molecule has 2 rings (SSSR count). The molecule has 0 bridgehead atoms. The maximum absolute atomic E-state index is 12.8. The standard InChI is InChI=1S/C14H15ClFNO/c1-2-3-4-5-12-13(15)14(17-18-12)10-6-8-11(16)9-7-10/h6-9H,2-5H2,1H3. The largest absolute Gasteiger partial charge is 0.359 e. The Hall–Kier alpha value is -1.35. The third kappa shape index (κ3) is 2.91. The zero-order valence-corrected chi connectivity index (χ0v) is 11.0. The number of aryl methyl sites for hydroxylation is 1. The van der Waals surface area contributed by atoms with Gasteiger partial charge in [0.1, 0.15) is 16.5 Å². The molecule has 1 aromatic carbocycles. The van der Waals surface area contributed by atoms with Crippen molar-refractivity contribution in [2.75, 3.05) is 0 Å². The molecule has 0 aliphatic heterocycles. The third-order valence-corrected chi connectivity index (χ3v) is 3.21. The van der Waals surface area contributed by atoms with Crippen LogP contribution in [-0.4, -0.2) is 5.16 Å². The van der Waals surface area contributed by atoms with Crippen LogP contribution >= 0.6 is 11.6 Å². The summed E-state index contributed by atoms with van der Waals surface area (Å²) in [5.41, 5.74) is 1.36. The van der Waals surface area contributed by atoms with Gasteiger partial charge in [-0.15, -0.1) is 0 Å². The molecule has 0 N–H and O–H groups in total. The van der Waals surface area contributed by atoms with E-state index in [1.165, 1.54) is 12.1 Å². The predicted octanol–water partition coefficient (Wildman–Crippen LogP) is 4.87. The first-order valence-electron chi connectivity index (χ1n) is 6.12. The molecule has 0 spiro atoms. The van der Waals surface area contributed by atoms with Crippen molar-refractivity contribution in [3.63, 3.8) is 0 Å². The summed E-state index contributed by atoms with van der Waals surface area (Å²) in [6, 6.07) is 6.07. The van der Waals surface area contributed by atoms with Crippen LogP contribution in [0.5, 0.6) is 0 Å². The van der Waals surface area contributed by atoms with E-state index in [2.05, 4.69) is 12.1 Å². The van der Waals surface area contributed by atoms with E-state index in [9.17, 15) is 4.39 Å². The smallest absolute Gasteiger partial charge is 0.155 e. The second kappa shape index (κ2) is 6.01. The van der Waals surface area contributed by atoms with E-state index in [-0.39, 0.29) is 5.82 Å². The zero-order chi connectivity index (χ0) is 13.0. The molecule has 2 nitrogen and oxygen atoms in total. The summed E-state index contributed by atoms with van der Waals surface area (Å²) in [6.45, 7) is 2.14. The van der Waals surface area contributed by atoms with Crippen molar-refractivity contribution < 1.29 is 8.91 Å². The van der Waals surface area contributed by atoms with Crippen molar-refractivity contribution in [3.8, 4) is 11.3 Å². The molecule has 0 aliphatic rings. The average molecular weight is 268 g/mol. The lowest BCUT2D eigenvalue weighted by Gasteiger charge is -1.97. The Balaban J connectivity index is 2.17. The fourth-order valence-electron chi connectivity index (χ4n) is 1.79. The Kier molecular flexibility index (Phi) is 4.37. The van der Waals surface area contributed by atoms with Gasteiger partial charge in [-0.25, -0.2) is 4.39 Å². The molecule has 0 amide bonds. The fraction of sp³-hybridized carbons (Fsp3) is 0.357. The van der Waals surface area contributed by atoms with Crippen molar-refractivity contribution in [3.05, 3.63) is 40.9 Å². The number of hydrogen-bond donors (Lipinski definition) is 0. The predicted molar refractivity (Wildman–Crippen MR) is 70.1 cm³/mol. The minimum atomic E-state index is -0.276. The van der Waals surface area contributed by atoms with Gasteiger partial charge in [0.2, 0.25) is 0 Å². The Bertz CT molecular complexity index is 507. The van der Waals surface area contributed by atoms with Crippen LogP contribution in [-0.2, 0) is 6.42 Å². The summed E-state index contributed by atoms with van der Waals surface area (Å²) in [6.07, 6.45) is 4.12. The highest BCUT2D eigenvalue weighted by atomic mass is 35.5. The fourth-order valence-corrected chi connectivity index (χ4v) is 2.06. The molecule has 1 aromatic heterocycles. The quantitative estimate of drug-likeness (QED) is 0.723. The molecule has 0 unspecified atom stereocenters. The van der Waals surface area contributed by atoms with Crippen LogP contribution < -0.4 is 0 Å². The Morgan fingerprint density at radius 1 is 1.22 bits per heavy atom. The van der Waals surface area contributed by atoms with Crippen LogP contribution in [0.2, 0.25) is 5.02 Å². The lowest BCUT2D eigenvalue weighted by Crippen LogP contribution is -1.84. The Labute approximate surface area is 111 Å². The van der Waals surface area contributed by atoms with Gasteiger partial charge in [0.25, 0.3) is 0 Å². The number of halogens is 2. The summed E-state index contributed by atoms with van der Waals surface area (Å²) in [5, 5.41) is 4.50. The summed E-state index contributed by atoms with van der Waals surface area (Å²) < 4.78 is 18.1. The SMILES string of the molecule is CCCCCc1onc(-c2ccc(F)cc2)c1Cl. The molecule has 4 heteroatoms. The van der Waals surface area contributed by atoms with Gasteiger partial charge in [0, 0.05) is 12.0 Å². The highest BCUT2D eigenvalue weighted by Crippen LogP contribution is 2.30. The van der Waals surface area contributed by atoms with Crippen molar-refractivity contribution in [1.82, 2.24) is 5.16 Å². The zero-order valence-electron chi connectivity index (χ0n) is 10.2. The number of hydrogen-bond acceptors (Lipinski definition) is 2. The number of unbranched alkanes of at least 4 members (excludes halogenated alkanes) is 2. The second-order valence-electron chi connectivity index (χ2n) is 4.23. The van der Waals surface area contributed by atoms with Crippen LogP contribution in [0.4, 0.5) is 4.39 Å². The van der Waals surface area contributed by atoms with Gasteiger partial charge in [-0.2, -0.15) is 0 Å². The third-order valence-electron chi connectivity index (χ3n) is 2.82. The van der Waals surface area contributed by atoms with E-state index < -0.39 is 0 Å². The molecule has 0 radical (unpaired) electrons. The molecular weight excluding hydrogens is 253 g/mol. The Morgan fingerprint density at radius 2 is 1.94 bits per heavy atom. The minimum Gasteiger partial charge on any atom is -0.359 e. The molecule has 0 aliphatic carbocycles. The van der Waals surface area contributed by atoms with Gasteiger partial charge in [0.05, 0.1) is 0 Å². The summed E-state index contributed by atoms with van der Waals surface area (Å²) in [4.78, 5) is 0. The highest BCUT2D eigenvalue weighted by molar-refractivity contribution is 6.33. The van der Waals surface area contributed by atoms with E-state index in [4.69, 9.17) is 16.1 Å². The van der Waals surface area contributed by atoms with Crippen LogP contribution in [0.3, 0.4) is 0 Å². The van der Waals surface area contributed by atoms with Crippen molar-refractivity contribution in [2.45, 2.75) is 32.6 Å². The molecule has 0 saturated heterocycles. The lowest BCUT2D eigenvalue weighted by atomic mass is 10.1.